The molecule has 1 N–H and O–H groups in total. The Balaban J connectivity index is 1.62. The maximum Gasteiger partial charge on any atom is 0.435 e. The molecule has 3 aliphatic rings. The summed E-state index contributed by atoms with van der Waals surface area (Å²) in [5.74, 6) is -3.06. The van der Waals surface area contributed by atoms with Gasteiger partial charge in [0.2, 0.25) is 11.8 Å². The van der Waals surface area contributed by atoms with E-state index in [9.17, 15) is 53.1 Å². The molecule has 5 rings (SSSR count). The van der Waals surface area contributed by atoms with Crippen LogP contribution in [0, 0.1) is 17.7 Å². The van der Waals surface area contributed by atoms with Crippen molar-refractivity contribution in [1.82, 2.24) is 10.2 Å². The van der Waals surface area contributed by atoms with Gasteiger partial charge in [-0.2, -0.15) is 26.3 Å². The monoisotopic (exact) mass is 638 g/mol. The maximum atomic E-state index is 14.9. The first-order chi connectivity index (χ1) is 19.8. The van der Waals surface area contributed by atoms with Gasteiger partial charge in [0.1, 0.15) is 10.6 Å². The van der Waals surface area contributed by atoms with Crippen LogP contribution in [-0.2, 0) is 36.3 Å². The van der Waals surface area contributed by atoms with Gasteiger partial charge in [0.05, 0.1) is 10.8 Å². The summed E-state index contributed by atoms with van der Waals surface area (Å²) in [5, 5.41) is 2.83. The molecule has 1 aliphatic heterocycles. The SMILES string of the molecule is CN1C[C@H](C(=O)N[C@@H]2CC[C@@]3(S(=O)(=O)c4ccc(F)cc4)c4ccc(C(F)(C(F)(F)F)C(F)(F)F)cc4CC[C@@H]23)CC1=O. The highest BCUT2D eigenvalue weighted by Crippen LogP contribution is 2.59. The van der Waals surface area contributed by atoms with Crippen LogP contribution in [-0.4, -0.2) is 57.1 Å². The van der Waals surface area contributed by atoms with Crippen LogP contribution >= 0.6 is 0 Å². The lowest BCUT2D eigenvalue weighted by atomic mass is 9.74. The Morgan fingerprint density at radius 3 is 2.16 bits per heavy atom. The standard InChI is InChI=1S/C28H26F8N2O4S/c1-38-14-16(13-23(38)39)24(40)37-22-10-11-25(43(41,42)19-6-4-18(29)5-7-19)20-9-3-17(12-15(20)2-8-21(22)25)26(30,27(31,32)33)28(34,35)36/h3-7,9,12,16,21-22H,2,8,10-11,13-14H2,1H3,(H,37,40)/t16-,21+,22-,25-/m1/s1. The topological polar surface area (TPSA) is 83.6 Å². The fourth-order valence-electron chi connectivity index (χ4n) is 6.89. The Hall–Kier alpha value is -3.23. The number of rotatable bonds is 5. The molecule has 0 radical (unpaired) electrons. The number of amides is 2. The number of benzene rings is 2. The minimum atomic E-state index is -6.35. The van der Waals surface area contributed by atoms with Crippen molar-refractivity contribution in [3.05, 3.63) is 65.0 Å². The second-order valence-electron chi connectivity index (χ2n) is 11.3. The van der Waals surface area contributed by atoms with Crippen LogP contribution in [0.2, 0.25) is 0 Å². The van der Waals surface area contributed by atoms with Crippen molar-refractivity contribution in [3.63, 3.8) is 0 Å². The van der Waals surface area contributed by atoms with Crippen molar-refractivity contribution in [2.75, 3.05) is 13.6 Å². The van der Waals surface area contributed by atoms with Gasteiger partial charge in [-0.05, 0) is 61.1 Å². The van der Waals surface area contributed by atoms with Crippen molar-refractivity contribution < 1.29 is 53.1 Å². The van der Waals surface area contributed by atoms with Crippen molar-refractivity contribution in [2.45, 2.75) is 65.8 Å². The molecule has 2 amide bonds. The van der Waals surface area contributed by atoms with E-state index in [1.54, 1.807) is 0 Å². The van der Waals surface area contributed by atoms with Crippen LogP contribution in [0.4, 0.5) is 35.1 Å². The minimum absolute atomic E-state index is 0.0479. The lowest BCUT2D eigenvalue weighted by Crippen LogP contribution is -2.51. The van der Waals surface area contributed by atoms with Gasteiger partial charge in [-0.1, -0.05) is 18.2 Å². The van der Waals surface area contributed by atoms with Gasteiger partial charge in [-0.3, -0.25) is 9.59 Å². The zero-order chi connectivity index (χ0) is 31.8. The van der Waals surface area contributed by atoms with E-state index >= 15 is 0 Å². The Bertz CT molecular complexity index is 1540. The third kappa shape index (κ3) is 4.69. The molecule has 1 heterocycles. The lowest BCUT2D eigenvalue weighted by molar-refractivity contribution is -0.348. The highest BCUT2D eigenvalue weighted by Gasteiger charge is 2.73. The van der Waals surface area contributed by atoms with Gasteiger partial charge in [0.25, 0.3) is 0 Å². The van der Waals surface area contributed by atoms with Crippen LogP contribution in [0.5, 0.6) is 0 Å². The van der Waals surface area contributed by atoms with Crippen LogP contribution in [0.15, 0.2) is 47.4 Å². The predicted octanol–water partition coefficient (Wildman–Crippen LogP) is 5.10. The largest absolute Gasteiger partial charge is 0.435 e. The quantitative estimate of drug-likeness (QED) is 0.365. The number of halogens is 8. The summed E-state index contributed by atoms with van der Waals surface area (Å²) in [4.78, 5) is 26.1. The van der Waals surface area contributed by atoms with Gasteiger partial charge in [0.15, 0.2) is 9.84 Å². The highest BCUT2D eigenvalue weighted by atomic mass is 32.2. The summed E-state index contributed by atoms with van der Waals surface area (Å²) < 4.78 is 136. The number of likely N-dealkylation sites (tertiary alicyclic amines) is 1. The number of aryl methyl sites for hydroxylation is 1. The van der Waals surface area contributed by atoms with Crippen molar-refractivity contribution >= 4 is 21.7 Å². The van der Waals surface area contributed by atoms with E-state index in [-0.39, 0.29) is 60.6 Å². The van der Waals surface area contributed by atoms with Gasteiger partial charge >= 0.3 is 18.0 Å². The Kier molecular flexibility index (Phi) is 7.37. The molecule has 0 spiro atoms. The number of hydrogen-bond acceptors (Lipinski definition) is 4. The molecule has 1 saturated carbocycles. The fraction of sp³-hybridized carbons (Fsp3) is 0.500. The van der Waals surface area contributed by atoms with Gasteiger partial charge in [-0.15, -0.1) is 0 Å². The normalized spacial score (nSPS) is 26.3. The van der Waals surface area contributed by atoms with Crippen LogP contribution in [0.3, 0.4) is 0 Å². The third-order valence-electron chi connectivity index (χ3n) is 9.02. The van der Waals surface area contributed by atoms with Crippen molar-refractivity contribution in [3.8, 4) is 0 Å². The summed E-state index contributed by atoms with van der Waals surface area (Å²) in [6, 6.07) is 4.54. The van der Waals surface area contributed by atoms with E-state index in [2.05, 4.69) is 5.32 Å². The van der Waals surface area contributed by atoms with E-state index in [0.717, 1.165) is 30.3 Å². The average Bonchev–Trinajstić information content (AvgIpc) is 3.47. The number of carbonyl (C=O) groups is 2. The molecule has 0 bridgehead atoms. The molecule has 2 fully saturated rings. The Morgan fingerprint density at radius 1 is 0.977 bits per heavy atom. The van der Waals surface area contributed by atoms with Gasteiger partial charge in [0, 0.05) is 37.5 Å². The first kappa shape index (κ1) is 31.2. The second kappa shape index (κ2) is 10.2. The molecular weight excluding hydrogens is 612 g/mol. The average molecular weight is 639 g/mol. The number of fused-ring (bicyclic) bond motifs is 3. The summed E-state index contributed by atoms with van der Waals surface area (Å²) in [6.07, 6.45) is -13.1. The van der Waals surface area contributed by atoms with Crippen molar-refractivity contribution in [1.29, 1.82) is 0 Å². The summed E-state index contributed by atoms with van der Waals surface area (Å²) in [7, 11) is -2.99. The maximum absolute atomic E-state index is 14.9. The van der Waals surface area contributed by atoms with Crippen molar-refractivity contribution in [2.24, 2.45) is 11.8 Å². The van der Waals surface area contributed by atoms with E-state index in [1.807, 2.05) is 0 Å². The van der Waals surface area contributed by atoms with Crippen LogP contribution in [0.1, 0.15) is 42.4 Å². The first-order valence-corrected chi connectivity index (χ1v) is 14.8. The van der Waals surface area contributed by atoms with Gasteiger partial charge in [-0.25, -0.2) is 17.2 Å². The van der Waals surface area contributed by atoms with Crippen LogP contribution in [0.25, 0.3) is 0 Å². The second-order valence-corrected chi connectivity index (χ2v) is 13.6. The molecule has 2 aromatic rings. The zero-order valence-corrected chi connectivity index (χ0v) is 23.3. The molecule has 6 nitrogen and oxygen atoms in total. The predicted molar refractivity (Wildman–Crippen MR) is 135 cm³/mol. The lowest BCUT2D eigenvalue weighted by Gasteiger charge is -2.43. The number of nitrogens with zero attached hydrogens (tertiary/aromatic N) is 1. The number of carbonyl (C=O) groups excluding carboxylic acids is 2. The Labute approximate surface area is 241 Å². The van der Waals surface area contributed by atoms with Gasteiger partial charge < -0.3 is 10.2 Å². The van der Waals surface area contributed by atoms with E-state index in [4.69, 9.17) is 0 Å². The Morgan fingerprint density at radius 2 is 1.60 bits per heavy atom. The van der Waals surface area contributed by atoms with E-state index in [1.165, 1.54) is 11.9 Å². The summed E-state index contributed by atoms with van der Waals surface area (Å²) in [6.45, 7) is 0.149. The van der Waals surface area contributed by atoms with Crippen LogP contribution < -0.4 is 5.32 Å². The first-order valence-electron chi connectivity index (χ1n) is 13.4. The zero-order valence-electron chi connectivity index (χ0n) is 22.5. The molecule has 0 aromatic heterocycles. The number of hydrogen-bond donors (Lipinski definition) is 1. The molecule has 15 heteroatoms. The summed E-state index contributed by atoms with van der Waals surface area (Å²) >= 11 is 0. The molecule has 4 atom stereocenters. The number of nitrogens with one attached hydrogen (secondary N) is 1. The summed E-state index contributed by atoms with van der Waals surface area (Å²) in [5.41, 5.74) is -7.73. The smallest absolute Gasteiger partial charge is 0.353 e. The molecule has 43 heavy (non-hydrogen) atoms. The van der Waals surface area contributed by atoms with E-state index < -0.39 is 67.8 Å². The molecule has 234 valence electrons. The molecule has 0 unspecified atom stereocenters. The highest BCUT2D eigenvalue weighted by molar-refractivity contribution is 7.92. The molecular formula is C28H26F8N2O4S. The van der Waals surface area contributed by atoms with E-state index in [0.29, 0.717) is 12.1 Å². The third-order valence-corrected chi connectivity index (χ3v) is 11.6. The molecule has 2 aromatic carbocycles. The molecule has 1 saturated heterocycles. The molecule has 2 aliphatic carbocycles. The number of sulfone groups is 1. The minimum Gasteiger partial charge on any atom is -0.353 e. The fourth-order valence-corrected chi connectivity index (χ4v) is 9.36. The number of alkyl halides is 7.